The average molecular weight is 371 g/mol. The first-order chi connectivity index (χ1) is 12.8. The van der Waals surface area contributed by atoms with Gasteiger partial charge in [-0.25, -0.2) is 0 Å². The van der Waals surface area contributed by atoms with Crippen LogP contribution in [-0.2, 0) is 11.3 Å². The third kappa shape index (κ3) is 4.49. The Bertz CT molecular complexity index is 884. The predicted molar refractivity (Wildman–Crippen MR) is 97.4 cm³/mol. The molecule has 0 bridgehead atoms. The number of nitrogens with one attached hydrogen (secondary N) is 2. The molecule has 1 aromatic heterocycles. The Morgan fingerprint density at radius 3 is 2.48 bits per heavy atom. The molecular weight excluding hydrogens is 350 g/mol. The molecule has 1 aliphatic carbocycles. The zero-order valence-corrected chi connectivity index (χ0v) is 15.2. The van der Waals surface area contributed by atoms with Gasteiger partial charge in [0.05, 0.1) is 18.0 Å². The fraction of sp³-hybridized carbons (Fsp3) is 0.389. The second-order valence-corrected chi connectivity index (χ2v) is 6.66. The number of benzene rings is 1. The Morgan fingerprint density at radius 1 is 1.26 bits per heavy atom. The first-order valence-electron chi connectivity index (χ1n) is 8.70. The van der Waals surface area contributed by atoms with E-state index in [0.717, 1.165) is 18.4 Å². The summed E-state index contributed by atoms with van der Waals surface area (Å²) in [5, 5.41) is 20.7. The number of carbonyl (C=O) groups excluding carboxylic acids is 2. The minimum Gasteiger partial charge on any atom is -0.352 e. The second-order valence-electron chi connectivity index (χ2n) is 6.66. The van der Waals surface area contributed by atoms with Crippen LogP contribution in [0.4, 0.5) is 5.69 Å². The Kier molecular flexibility index (Phi) is 5.20. The Labute approximate surface area is 155 Å². The summed E-state index contributed by atoms with van der Waals surface area (Å²) >= 11 is 0. The maximum atomic E-state index is 12.1. The van der Waals surface area contributed by atoms with Crippen LogP contribution in [0.1, 0.15) is 40.2 Å². The lowest BCUT2D eigenvalue weighted by molar-refractivity contribution is -0.386. The first-order valence-corrected chi connectivity index (χ1v) is 8.70. The van der Waals surface area contributed by atoms with Crippen molar-refractivity contribution in [2.45, 2.75) is 39.3 Å². The highest BCUT2D eigenvalue weighted by Crippen LogP contribution is 2.22. The number of carbonyl (C=O) groups is 2. The third-order valence-corrected chi connectivity index (χ3v) is 4.43. The molecule has 1 fully saturated rings. The molecule has 2 amide bonds. The summed E-state index contributed by atoms with van der Waals surface area (Å²) in [6.45, 7) is 3.58. The van der Waals surface area contributed by atoms with Gasteiger partial charge >= 0.3 is 5.69 Å². The van der Waals surface area contributed by atoms with Crippen molar-refractivity contribution in [1.82, 2.24) is 20.4 Å². The van der Waals surface area contributed by atoms with Crippen LogP contribution in [0.3, 0.4) is 0 Å². The summed E-state index contributed by atoms with van der Waals surface area (Å²) in [5.74, 6) is -0.511. The van der Waals surface area contributed by atoms with Crippen LogP contribution >= 0.6 is 0 Å². The van der Waals surface area contributed by atoms with Gasteiger partial charge in [0.25, 0.3) is 5.91 Å². The molecule has 3 rings (SSSR count). The van der Waals surface area contributed by atoms with E-state index in [1.807, 2.05) is 0 Å². The summed E-state index contributed by atoms with van der Waals surface area (Å²) in [6, 6.07) is 7.11. The van der Waals surface area contributed by atoms with Crippen molar-refractivity contribution in [2.24, 2.45) is 0 Å². The van der Waals surface area contributed by atoms with Crippen molar-refractivity contribution in [2.75, 3.05) is 6.54 Å². The lowest BCUT2D eigenvalue weighted by Gasteiger charge is -2.07. The van der Waals surface area contributed by atoms with E-state index in [-0.39, 0.29) is 30.1 Å². The van der Waals surface area contributed by atoms with Gasteiger partial charge in [0.15, 0.2) is 0 Å². The molecule has 9 nitrogen and oxygen atoms in total. The van der Waals surface area contributed by atoms with Crippen molar-refractivity contribution < 1.29 is 14.5 Å². The van der Waals surface area contributed by atoms with Crippen LogP contribution in [-0.4, -0.2) is 39.1 Å². The molecule has 0 aliphatic heterocycles. The Balaban J connectivity index is 1.60. The van der Waals surface area contributed by atoms with Gasteiger partial charge in [0.1, 0.15) is 11.4 Å². The van der Waals surface area contributed by atoms with Crippen LogP contribution in [0, 0.1) is 24.0 Å². The summed E-state index contributed by atoms with van der Waals surface area (Å²) < 4.78 is 1.57. The van der Waals surface area contributed by atoms with Crippen LogP contribution in [0.15, 0.2) is 24.3 Å². The van der Waals surface area contributed by atoms with Gasteiger partial charge in [0.2, 0.25) is 5.91 Å². The molecule has 27 heavy (non-hydrogen) atoms. The quantitative estimate of drug-likeness (QED) is 0.564. The summed E-state index contributed by atoms with van der Waals surface area (Å²) in [5.41, 5.74) is 2.19. The van der Waals surface area contributed by atoms with Crippen LogP contribution in [0.25, 0.3) is 0 Å². The predicted octanol–water partition coefficient (Wildman–Crippen LogP) is 1.46. The highest BCUT2D eigenvalue weighted by molar-refractivity contribution is 5.96. The number of nitro groups is 1. The molecule has 0 radical (unpaired) electrons. The number of nitrogens with zero attached hydrogens (tertiary/aromatic N) is 3. The van der Waals surface area contributed by atoms with E-state index in [4.69, 9.17) is 0 Å². The molecule has 2 N–H and O–H groups in total. The van der Waals surface area contributed by atoms with E-state index in [1.165, 1.54) is 0 Å². The van der Waals surface area contributed by atoms with Gasteiger partial charge in [-0.05, 0) is 44.4 Å². The molecule has 9 heteroatoms. The van der Waals surface area contributed by atoms with Gasteiger partial charge in [-0.1, -0.05) is 12.1 Å². The number of aryl methyl sites for hydroxylation is 1. The van der Waals surface area contributed by atoms with Gasteiger partial charge < -0.3 is 10.6 Å². The van der Waals surface area contributed by atoms with E-state index in [1.54, 1.807) is 42.8 Å². The van der Waals surface area contributed by atoms with Crippen LogP contribution in [0.5, 0.6) is 0 Å². The van der Waals surface area contributed by atoms with Gasteiger partial charge in [0, 0.05) is 11.6 Å². The lowest BCUT2D eigenvalue weighted by atomic mass is 10.1. The fourth-order valence-electron chi connectivity index (χ4n) is 2.81. The molecule has 0 unspecified atom stereocenters. The number of hydrogen-bond donors (Lipinski definition) is 2. The fourth-order valence-corrected chi connectivity index (χ4v) is 2.81. The summed E-state index contributed by atoms with van der Waals surface area (Å²) in [4.78, 5) is 34.4. The first kappa shape index (κ1) is 18.6. The third-order valence-electron chi connectivity index (χ3n) is 4.43. The highest BCUT2D eigenvalue weighted by Gasteiger charge is 2.23. The zero-order chi connectivity index (χ0) is 19.6. The van der Waals surface area contributed by atoms with Gasteiger partial charge in [-0.3, -0.25) is 24.4 Å². The molecular formula is C18H21N5O4. The molecule has 1 heterocycles. The maximum Gasteiger partial charge on any atom is 0.312 e. The molecule has 0 saturated heterocycles. The summed E-state index contributed by atoms with van der Waals surface area (Å²) in [6.07, 6.45) is 2.00. The molecule has 1 aromatic carbocycles. The number of aromatic nitrogens is 2. The Morgan fingerprint density at radius 2 is 1.93 bits per heavy atom. The number of rotatable bonds is 7. The van der Waals surface area contributed by atoms with Gasteiger partial charge in [-0.15, -0.1) is 0 Å². The van der Waals surface area contributed by atoms with Crippen molar-refractivity contribution in [3.8, 4) is 0 Å². The van der Waals surface area contributed by atoms with E-state index in [9.17, 15) is 19.7 Å². The van der Waals surface area contributed by atoms with E-state index in [2.05, 4.69) is 15.7 Å². The second kappa shape index (κ2) is 7.56. The van der Waals surface area contributed by atoms with Crippen molar-refractivity contribution >= 4 is 17.5 Å². The minimum atomic E-state index is -0.430. The average Bonchev–Trinajstić information content (AvgIpc) is 3.38. The smallest absolute Gasteiger partial charge is 0.312 e. The van der Waals surface area contributed by atoms with Crippen molar-refractivity contribution in [1.29, 1.82) is 0 Å². The topological polar surface area (TPSA) is 119 Å². The molecule has 0 spiro atoms. The number of hydrogen-bond acceptors (Lipinski definition) is 5. The van der Waals surface area contributed by atoms with E-state index in [0.29, 0.717) is 23.5 Å². The van der Waals surface area contributed by atoms with E-state index >= 15 is 0 Å². The molecule has 142 valence electrons. The van der Waals surface area contributed by atoms with Crippen LogP contribution < -0.4 is 10.6 Å². The SMILES string of the molecule is Cc1nn(Cc2ccc(C(=O)NCC(=O)NC3CC3)cc2)c(C)c1[N+](=O)[O-]. The van der Waals surface area contributed by atoms with Gasteiger partial charge in [-0.2, -0.15) is 5.10 Å². The molecule has 0 atom stereocenters. The zero-order valence-electron chi connectivity index (χ0n) is 15.2. The molecule has 1 aliphatic rings. The highest BCUT2D eigenvalue weighted by atomic mass is 16.6. The standard InChI is InChI=1S/C18H21N5O4/c1-11-17(23(26)27)12(2)22(21-11)10-13-3-5-14(6-4-13)18(25)19-9-16(24)20-15-7-8-15/h3-6,15H,7-10H2,1-2H3,(H,19,25)(H,20,24). The number of amides is 2. The monoisotopic (exact) mass is 371 g/mol. The molecule has 1 saturated carbocycles. The largest absolute Gasteiger partial charge is 0.352 e. The maximum absolute atomic E-state index is 12.1. The van der Waals surface area contributed by atoms with Crippen molar-refractivity contribution in [3.63, 3.8) is 0 Å². The van der Waals surface area contributed by atoms with Crippen LogP contribution in [0.2, 0.25) is 0 Å². The molecule has 2 aromatic rings. The van der Waals surface area contributed by atoms with Crippen molar-refractivity contribution in [3.05, 3.63) is 56.9 Å². The Hall–Kier alpha value is -3.23. The lowest BCUT2D eigenvalue weighted by Crippen LogP contribution is -2.37. The normalized spacial score (nSPS) is 13.3. The van der Waals surface area contributed by atoms with E-state index < -0.39 is 4.92 Å². The summed E-state index contributed by atoms with van der Waals surface area (Å²) in [7, 11) is 0. The minimum absolute atomic E-state index is 0.0236.